The summed E-state index contributed by atoms with van der Waals surface area (Å²) in [4.78, 5) is 65.2. The number of aliphatic hydroxyl groups is 1. The number of ether oxygens (including phenoxy) is 2. The number of Topliss-reactive ketones (excluding diaryl/α,β-unsaturated/α-hetero) is 1. The van der Waals surface area contributed by atoms with Gasteiger partial charge in [-0.05, 0) is 48.3 Å². The van der Waals surface area contributed by atoms with Gasteiger partial charge in [0.05, 0.1) is 20.8 Å². The van der Waals surface area contributed by atoms with Crippen LogP contribution in [0.5, 0.6) is 0 Å². The summed E-state index contributed by atoms with van der Waals surface area (Å²) in [5.41, 5.74) is 6.47. The molecule has 3 aromatic rings. The monoisotopic (exact) mass is 659 g/mol. The molecule has 48 heavy (non-hydrogen) atoms. The minimum absolute atomic E-state index is 0. The van der Waals surface area contributed by atoms with Crippen molar-refractivity contribution in [2.24, 2.45) is 17.8 Å². The molecule has 0 radical (unpaired) electrons. The molecule has 0 aromatic carbocycles. The Morgan fingerprint density at radius 3 is 2.40 bits per heavy atom. The maximum absolute atomic E-state index is 14.1. The Hall–Kier alpha value is -4.39. The van der Waals surface area contributed by atoms with Crippen LogP contribution in [0.15, 0.2) is 18.0 Å². The number of carbonyl (C=O) groups excluding carboxylic acids is 4. The summed E-state index contributed by atoms with van der Waals surface area (Å²) in [5, 5.41) is 16.8. The van der Waals surface area contributed by atoms with Crippen LogP contribution in [0.2, 0.25) is 0 Å². The Balaban J connectivity index is 0.00000451. The van der Waals surface area contributed by atoms with Gasteiger partial charge in [0.2, 0.25) is 0 Å². The Labute approximate surface area is 293 Å². The molecule has 11 nitrogen and oxygen atoms in total. The molecule has 8 bridgehead atoms. The fraction of sp³-hybridized carbons (Fsp3) is 0.333. The number of fused-ring (bicyclic) bond motifs is 7. The zero-order valence-electron chi connectivity index (χ0n) is 27.6. The first-order valence-corrected chi connectivity index (χ1v) is 15.5. The molecule has 244 valence electrons. The van der Waals surface area contributed by atoms with Gasteiger partial charge in [-0.1, -0.05) is 55.9 Å². The molecule has 2 aliphatic heterocycles. The third-order valence-electron chi connectivity index (χ3n) is 9.60. The van der Waals surface area contributed by atoms with Crippen molar-refractivity contribution >= 4 is 76.9 Å². The third-order valence-corrected chi connectivity index (χ3v) is 9.60. The molecule has 6 rings (SSSR count). The Morgan fingerprint density at radius 2 is 1.77 bits per heavy atom. The van der Waals surface area contributed by atoms with Gasteiger partial charge in [-0.15, -0.1) is 22.8 Å². The van der Waals surface area contributed by atoms with E-state index < -0.39 is 30.2 Å². The average Bonchev–Trinajstić information content (AvgIpc) is 3.82. The van der Waals surface area contributed by atoms with Crippen LogP contribution in [0.4, 0.5) is 0 Å². The van der Waals surface area contributed by atoms with E-state index in [-0.39, 0.29) is 58.1 Å². The first-order chi connectivity index (χ1) is 22.6. The van der Waals surface area contributed by atoms with E-state index in [0.717, 1.165) is 23.0 Å². The van der Waals surface area contributed by atoms with E-state index in [1.807, 2.05) is 32.9 Å². The number of allylic oxidation sites excluding steroid dienone is 2. The number of ketones is 1. The average molecular weight is 660 g/mol. The predicted molar refractivity (Wildman–Crippen MR) is 180 cm³/mol. The number of aldehydes is 1. The van der Waals surface area contributed by atoms with Crippen LogP contribution in [0.25, 0.3) is 35.2 Å². The topological polar surface area (TPSA) is 165 Å². The van der Waals surface area contributed by atoms with E-state index in [1.165, 1.54) is 14.2 Å². The van der Waals surface area contributed by atoms with Crippen LogP contribution in [0, 0.1) is 24.7 Å². The van der Waals surface area contributed by atoms with E-state index in [1.54, 1.807) is 12.2 Å². The largest absolute Gasteiger partial charge is 2.00 e. The van der Waals surface area contributed by atoms with Crippen LogP contribution in [-0.2, 0) is 32.1 Å². The number of rotatable bonds is 8. The minimum atomic E-state index is -1.35. The van der Waals surface area contributed by atoms with Gasteiger partial charge in [0, 0.05) is 28.2 Å². The van der Waals surface area contributed by atoms with E-state index in [4.69, 9.17) is 24.8 Å². The summed E-state index contributed by atoms with van der Waals surface area (Å²) in [7, 11) is 2.53. The number of methoxy groups -OCH3 is 2. The third kappa shape index (κ3) is 5.41. The molecule has 0 saturated carbocycles. The molecule has 0 unspecified atom stereocenters. The van der Waals surface area contributed by atoms with Gasteiger partial charge in [0.1, 0.15) is 5.92 Å². The molecule has 12 heteroatoms. The van der Waals surface area contributed by atoms with Gasteiger partial charge in [0.15, 0.2) is 12.1 Å². The second-order valence-electron chi connectivity index (χ2n) is 11.9. The number of nitrogens with zero attached hydrogens (tertiary/aromatic N) is 3. The second kappa shape index (κ2) is 13.6. The summed E-state index contributed by atoms with van der Waals surface area (Å²) in [6.45, 7) is 9.32. The zero-order chi connectivity index (χ0) is 33.7. The molecule has 0 spiro atoms. The number of hydrogen-bond acceptors (Lipinski definition) is 7. The zero-order valence-corrected chi connectivity index (χ0v) is 29.0. The molecule has 1 fully saturated rings. The van der Waals surface area contributed by atoms with E-state index in [2.05, 4.69) is 11.6 Å². The van der Waals surface area contributed by atoms with Gasteiger partial charge in [0.25, 0.3) is 0 Å². The van der Waals surface area contributed by atoms with Crippen LogP contribution in [0.1, 0.15) is 92.4 Å². The van der Waals surface area contributed by atoms with Crippen LogP contribution < -0.4 is 20.7 Å². The normalized spacial score (nSPS) is 23.1. The molecule has 5 heterocycles. The van der Waals surface area contributed by atoms with Crippen LogP contribution in [-0.4, -0.2) is 71.4 Å². The maximum Gasteiger partial charge on any atom is 2.00 e. The summed E-state index contributed by atoms with van der Waals surface area (Å²) >= 11 is 0. The Bertz CT molecular complexity index is 2060. The fourth-order valence-corrected chi connectivity index (χ4v) is 7.10. The number of aromatic nitrogens is 3. The quantitative estimate of drug-likeness (QED) is 0.160. The molecule has 1 saturated heterocycles. The number of aromatic amines is 1. The maximum atomic E-state index is 14.1. The number of H-pyrrole nitrogens is 1. The molecule has 1 aliphatic carbocycles. The van der Waals surface area contributed by atoms with Crippen LogP contribution in [0.3, 0.4) is 0 Å². The summed E-state index contributed by atoms with van der Waals surface area (Å²) in [6.07, 6.45) is 8.84. The summed E-state index contributed by atoms with van der Waals surface area (Å²) in [6, 6.07) is 0. The van der Waals surface area contributed by atoms with Crippen molar-refractivity contribution in [3.8, 4) is 0 Å². The van der Waals surface area contributed by atoms with Crippen LogP contribution >= 0.6 is 0 Å². The molecule has 2 N–H and O–H groups in total. The minimum Gasteiger partial charge on any atom is -0.664 e. The standard InChI is InChI=1S/C36H36N4O7.Mg/c1-7-18-16(3)23-11-24-17(4)20(9-10-29(43)46-5)33(39-24)31-32(36(45)47-6)35(44)30-22(15-42)28(40-34(30)31)13-26-19(8-2)21(14-41)27(38-26)12-25(18)37-23;/h7,11-14,17,20,32,38,42H,1,8-10,15H2,2-6H3,(H-,39,40,41,44);/q-2;+2/p-1/b24-11-,27-12-;/t17-,20-,32+;/m0./s1. The fourth-order valence-electron chi connectivity index (χ4n) is 7.10. The van der Waals surface area contributed by atoms with E-state index >= 15 is 0 Å². The van der Waals surface area contributed by atoms with Crippen molar-refractivity contribution in [2.45, 2.75) is 46.6 Å². The van der Waals surface area contributed by atoms with Gasteiger partial charge in [-0.3, -0.25) is 19.2 Å². The van der Waals surface area contributed by atoms with E-state index in [9.17, 15) is 24.3 Å². The smallest absolute Gasteiger partial charge is 0.664 e. The second-order valence-corrected chi connectivity index (χ2v) is 11.9. The van der Waals surface area contributed by atoms with Crippen molar-refractivity contribution in [2.75, 3.05) is 14.2 Å². The van der Waals surface area contributed by atoms with Crippen molar-refractivity contribution in [3.63, 3.8) is 0 Å². The number of esters is 2. The first-order valence-electron chi connectivity index (χ1n) is 15.5. The Morgan fingerprint density at radius 1 is 1.04 bits per heavy atom. The molecule has 3 aromatic heterocycles. The van der Waals surface area contributed by atoms with Crippen molar-refractivity contribution in [3.05, 3.63) is 90.1 Å². The van der Waals surface area contributed by atoms with Gasteiger partial charge in [-0.2, -0.15) is 11.4 Å². The molecular formula is C36H35MgN4O7-. The van der Waals surface area contributed by atoms with Gasteiger partial charge in [-0.25, -0.2) is 0 Å². The molecule has 3 aliphatic rings. The molecular weight excluding hydrogens is 625 g/mol. The number of aliphatic hydroxyl groups excluding tert-OH is 1. The Kier molecular flexibility index (Phi) is 9.91. The number of nitrogens with one attached hydrogen (secondary N) is 1. The van der Waals surface area contributed by atoms with Crippen molar-refractivity contribution in [1.82, 2.24) is 15.0 Å². The number of carbonyl (C=O) groups is 4. The van der Waals surface area contributed by atoms with Crippen molar-refractivity contribution < 1.29 is 33.8 Å². The SMILES string of the molecule is C=Cc1c2[n-]c(c1C)/C=C1\[N-]/C(=C3\c4[n-]c(c(CO)c4C(=O)[C@@H]3C(=O)OC)/C=c3\[nH]/c(c(C=O)c3CC)=C\2)[C@@H](CCC(=O)OC)[C@@H]1C.[Mg+2]. The molecule has 3 atom stereocenters. The molecule has 0 amide bonds. The first kappa shape index (κ1) is 34.9. The predicted octanol–water partition coefficient (Wildman–Crippen LogP) is 2.67. The summed E-state index contributed by atoms with van der Waals surface area (Å²) in [5.74, 6) is -3.69. The van der Waals surface area contributed by atoms with Gasteiger partial charge < -0.3 is 34.8 Å². The van der Waals surface area contributed by atoms with Gasteiger partial charge >= 0.3 is 35.0 Å². The van der Waals surface area contributed by atoms with E-state index in [0.29, 0.717) is 63.2 Å². The van der Waals surface area contributed by atoms with Crippen molar-refractivity contribution in [1.29, 1.82) is 0 Å². The number of hydrogen-bond donors (Lipinski definition) is 2. The summed E-state index contributed by atoms with van der Waals surface area (Å²) < 4.78 is 10.0.